The molecular formula is C69H81Cl2N5O22. The van der Waals surface area contributed by atoms with Crippen molar-refractivity contribution in [2.24, 2.45) is 35.1 Å². The van der Waals surface area contributed by atoms with Gasteiger partial charge >= 0.3 is 0 Å². The molecule has 6 aliphatic heterocycles. The summed E-state index contributed by atoms with van der Waals surface area (Å²) >= 11 is 14.2. The number of nitrogens with two attached hydrogens (primary N) is 2. The van der Waals surface area contributed by atoms with E-state index in [0.29, 0.717) is 6.42 Å². The Balaban J connectivity index is 1.32. The van der Waals surface area contributed by atoms with Crippen molar-refractivity contribution in [2.45, 2.75) is 171 Å². The van der Waals surface area contributed by atoms with E-state index >= 15 is 14.4 Å². The molecule has 11 bridgehead atoms. The molecule has 0 spiro atoms. The van der Waals surface area contributed by atoms with Crippen LogP contribution in [-0.2, 0) is 49.6 Å². The summed E-state index contributed by atoms with van der Waals surface area (Å²) in [5.74, 6) is -16.3. The zero-order chi connectivity index (χ0) is 71.7. The molecule has 17 atom stereocenters. The Morgan fingerprint density at radius 2 is 1.37 bits per heavy atom. The highest BCUT2D eigenvalue weighted by molar-refractivity contribution is 6.32. The summed E-state index contributed by atoms with van der Waals surface area (Å²) in [7, 11) is 0. The zero-order valence-corrected chi connectivity index (χ0v) is 55.8. The number of phenols is 3. The maximum atomic E-state index is 16.1. The Morgan fingerprint density at radius 1 is 0.745 bits per heavy atom. The fourth-order valence-corrected chi connectivity index (χ4v) is 13.4. The van der Waals surface area contributed by atoms with Crippen LogP contribution in [0.1, 0.15) is 132 Å². The average molecular weight is 1400 g/mol. The lowest BCUT2D eigenvalue weighted by Gasteiger charge is -2.44. The smallest absolute Gasteiger partial charge is 0.226 e. The van der Waals surface area contributed by atoms with Gasteiger partial charge in [-0.2, -0.15) is 0 Å². The number of ether oxygens (including phenoxy) is 5. The molecule has 6 aliphatic rings. The number of hydrogen-bond acceptors (Lipinski definition) is 23. The molecule has 0 saturated carbocycles. The molecule has 5 aromatic carbocycles. The normalized spacial score (nSPS) is 26.4. The Bertz CT molecular complexity index is 3870. The number of aliphatic hydroxyl groups is 7. The van der Waals surface area contributed by atoms with Gasteiger partial charge in [0.1, 0.15) is 83.2 Å². The Kier molecular flexibility index (Phi) is 23.2. The summed E-state index contributed by atoms with van der Waals surface area (Å²) in [6, 6.07) is 11.9. The number of aromatic hydroxyl groups is 3. The zero-order valence-electron chi connectivity index (χ0n) is 54.3. The first kappa shape index (κ1) is 74.2. The van der Waals surface area contributed by atoms with E-state index in [2.05, 4.69) is 16.0 Å². The van der Waals surface area contributed by atoms with E-state index in [-0.39, 0.29) is 72.8 Å². The van der Waals surface area contributed by atoms with Gasteiger partial charge in [0, 0.05) is 73.2 Å². The fraction of sp³-hybridized carbons (Fsp3) is 0.464. The molecule has 0 radical (unpaired) electrons. The lowest BCUT2D eigenvalue weighted by Crippen LogP contribution is -2.62. The van der Waals surface area contributed by atoms with Crippen LogP contribution < -0.4 is 41.6 Å². The van der Waals surface area contributed by atoms with E-state index in [0.717, 1.165) is 18.2 Å². The lowest BCUT2D eigenvalue weighted by atomic mass is 9.80. The maximum Gasteiger partial charge on any atom is 0.226 e. The number of Topliss-reactive ketones (excluding diaryl/α,β-unsaturated/α-hetero) is 3. The highest BCUT2D eigenvalue weighted by atomic mass is 35.5. The summed E-state index contributed by atoms with van der Waals surface area (Å²) in [5, 5.41) is 121. The molecule has 4 amide bonds. The van der Waals surface area contributed by atoms with Gasteiger partial charge in [-0.25, -0.2) is 0 Å². The Hall–Kier alpha value is -8.03. The molecule has 11 rings (SSSR count). The molecule has 27 nitrogen and oxygen atoms in total. The van der Waals surface area contributed by atoms with Gasteiger partial charge in [-0.1, -0.05) is 62.2 Å². The van der Waals surface area contributed by atoms with Gasteiger partial charge in [0.2, 0.25) is 29.4 Å². The summed E-state index contributed by atoms with van der Waals surface area (Å²) in [4.78, 5) is 103. The van der Waals surface area contributed by atoms with Gasteiger partial charge in [-0.05, 0) is 116 Å². The second-order valence-corrected chi connectivity index (χ2v) is 27.2. The molecule has 5 aromatic rings. The number of hydrogen-bond donors (Lipinski definition) is 15. The molecule has 0 aliphatic carbocycles. The SMILES string of the molecule is CC(C)C[C@@H](C)C(=O)N[C@H]1C(=O)C[C@@H](CC(N)=O)C(=O)N[C@H]2C(=O)C[C@@H]3C(=O)C[C@H](C(=O)NCc4cc(O)cc(O)c4-c4cc3ccc4O)[C@H](O)c3ccc(c(Cl)c3)Oc3cc2cc(c3O[C@H](C)C(OC2CC(C)(N)[C@H](O)[C@H](C)O2)[C@@H](O)C(O)C(O)CO)Oc2ccc(cc2Cl)[C@H]1O. The van der Waals surface area contributed by atoms with Crippen LogP contribution in [0.3, 0.4) is 0 Å². The topological polar surface area (TPSA) is 456 Å². The molecule has 1 saturated heterocycles. The van der Waals surface area contributed by atoms with Crippen molar-refractivity contribution in [3.63, 3.8) is 0 Å². The van der Waals surface area contributed by atoms with Crippen LogP contribution in [0, 0.1) is 23.7 Å². The summed E-state index contributed by atoms with van der Waals surface area (Å²) < 4.78 is 32.4. The van der Waals surface area contributed by atoms with E-state index in [4.69, 9.17) is 58.4 Å². The van der Waals surface area contributed by atoms with Crippen molar-refractivity contribution >= 4 is 64.2 Å². The summed E-state index contributed by atoms with van der Waals surface area (Å²) in [6.07, 6.45) is -20.6. The number of carbonyl (C=O) groups excluding carboxylic acids is 7. The molecule has 528 valence electrons. The van der Waals surface area contributed by atoms with E-state index < -0.39 is 217 Å². The van der Waals surface area contributed by atoms with Crippen LogP contribution in [0.4, 0.5) is 0 Å². The monoisotopic (exact) mass is 1400 g/mol. The van der Waals surface area contributed by atoms with Gasteiger partial charge in [-0.15, -0.1) is 0 Å². The summed E-state index contributed by atoms with van der Waals surface area (Å²) in [5.41, 5.74) is 10.3. The van der Waals surface area contributed by atoms with Gasteiger partial charge in [0.25, 0.3) is 0 Å². The minimum absolute atomic E-state index is 0.00113. The summed E-state index contributed by atoms with van der Waals surface area (Å²) in [6.45, 7) is 8.19. The number of phenolic OH excluding ortho intramolecular Hbond substituents is 3. The average Bonchev–Trinajstić information content (AvgIpc) is 0.790. The first-order chi connectivity index (χ1) is 46.1. The third-order valence-corrected chi connectivity index (χ3v) is 18.8. The molecular weight excluding hydrogens is 1320 g/mol. The highest BCUT2D eigenvalue weighted by Gasteiger charge is 2.47. The molecule has 0 aromatic heterocycles. The number of primary amides is 1. The largest absolute Gasteiger partial charge is 0.508 e. The number of ketones is 3. The standard InChI is InChI=1S/C69H81Cl2N5O22/c1-28(2)13-29(3)66(91)76-58-47(82)18-36(21-54(72)85)67(92)75-57-35-19-52(64(53(20-35)97-51-12-9-34(60(58)87)17-43(51)71)95-30(4)63(62(89)61(88)49(84)27-77)98-55-25-69(6,73)65(90)31(5)94-55)96-50-11-8-33(16-42(50)70)59(86)41-24-45(80)39(23-48(57)83)32-7-10-44(79)40(15-32)56-37(26-74-68(41)93)14-38(78)22-46(56)81/h7-12,14-17,19-20,22,28-31,36,39,41,49,55,57-63,65,77-79,81,84,86-90H,13,18,21,23-27,73H2,1-6H3,(H2,72,85)(H,74,93)(H,75,92)(H,76,91)/t29-,30-,31+,36+,39+,41+,49?,55?,57-,58+,59-,60-,61?,62+,63?,65-,69?/m1/s1. The minimum atomic E-state index is -2.17. The number of nitrogens with one attached hydrogen (secondary N) is 3. The van der Waals surface area contributed by atoms with Crippen molar-refractivity contribution < 1.29 is 108 Å². The quantitative estimate of drug-likeness (QED) is 0.0680. The first-order valence-corrected chi connectivity index (χ1v) is 32.6. The molecule has 6 heterocycles. The number of aliphatic hydroxyl groups excluding tert-OH is 7. The first-order valence-electron chi connectivity index (χ1n) is 31.9. The van der Waals surface area contributed by atoms with E-state index in [1.54, 1.807) is 6.92 Å². The molecule has 1 fully saturated rings. The van der Waals surface area contributed by atoms with Crippen molar-refractivity contribution in [1.29, 1.82) is 0 Å². The Labute approximate surface area is 572 Å². The van der Waals surface area contributed by atoms with Crippen LogP contribution in [-0.4, -0.2) is 159 Å². The number of halogens is 2. The second-order valence-electron chi connectivity index (χ2n) is 26.4. The number of amides is 4. The highest BCUT2D eigenvalue weighted by Crippen LogP contribution is 2.50. The fourth-order valence-electron chi connectivity index (χ4n) is 12.9. The predicted molar refractivity (Wildman–Crippen MR) is 350 cm³/mol. The van der Waals surface area contributed by atoms with Gasteiger partial charge < -0.3 is 102 Å². The van der Waals surface area contributed by atoms with Crippen LogP contribution in [0.5, 0.6) is 46.0 Å². The number of fused-ring (bicyclic) bond motifs is 15. The van der Waals surface area contributed by atoms with Crippen LogP contribution in [0.2, 0.25) is 10.0 Å². The molecule has 98 heavy (non-hydrogen) atoms. The third kappa shape index (κ3) is 16.5. The number of carbonyl (C=O) groups is 7. The molecule has 17 N–H and O–H groups in total. The van der Waals surface area contributed by atoms with Gasteiger partial charge in [0.15, 0.2) is 29.4 Å². The van der Waals surface area contributed by atoms with E-state index in [9.17, 15) is 70.2 Å². The van der Waals surface area contributed by atoms with E-state index in [1.807, 2.05) is 13.8 Å². The van der Waals surface area contributed by atoms with Crippen LogP contribution in [0.15, 0.2) is 78.9 Å². The van der Waals surface area contributed by atoms with Gasteiger partial charge in [-0.3, -0.25) is 33.6 Å². The van der Waals surface area contributed by atoms with E-state index in [1.165, 1.54) is 81.4 Å². The minimum Gasteiger partial charge on any atom is -0.508 e. The van der Waals surface area contributed by atoms with Crippen molar-refractivity contribution in [3.8, 4) is 57.1 Å². The maximum absolute atomic E-state index is 16.1. The van der Waals surface area contributed by atoms with Crippen molar-refractivity contribution in [3.05, 3.63) is 117 Å². The Morgan fingerprint density at radius 3 is 1.96 bits per heavy atom. The third-order valence-electron chi connectivity index (χ3n) is 18.2. The van der Waals surface area contributed by atoms with Crippen molar-refractivity contribution in [1.82, 2.24) is 16.0 Å². The predicted octanol–water partition coefficient (Wildman–Crippen LogP) is 4.62. The van der Waals surface area contributed by atoms with Crippen LogP contribution >= 0.6 is 23.2 Å². The number of rotatable bonds is 15. The van der Waals surface area contributed by atoms with Crippen LogP contribution in [0.25, 0.3) is 11.1 Å². The van der Waals surface area contributed by atoms with Crippen molar-refractivity contribution in [2.75, 3.05) is 6.61 Å². The molecule has 29 heteroatoms. The second kappa shape index (κ2) is 30.6. The molecule has 5 unspecified atom stereocenters. The lowest BCUT2D eigenvalue weighted by molar-refractivity contribution is -0.277. The number of benzene rings is 5. The van der Waals surface area contributed by atoms with Gasteiger partial charge in [0.05, 0.1) is 46.8 Å².